The summed E-state index contributed by atoms with van der Waals surface area (Å²) in [6.07, 6.45) is 6.81. The van der Waals surface area contributed by atoms with Crippen molar-refractivity contribution in [1.82, 2.24) is 5.32 Å². The number of nitrogens with one attached hydrogen (secondary N) is 1. The average molecular weight is 215 g/mol. The highest BCUT2D eigenvalue weighted by Gasteiger charge is 2.23. The zero-order chi connectivity index (χ0) is 10.8. The predicted molar refractivity (Wildman–Crippen MR) is 67.7 cm³/mol. The minimum Gasteiger partial charge on any atom is -0.317 e. The van der Waals surface area contributed by atoms with Gasteiger partial charge in [0.15, 0.2) is 0 Å². The van der Waals surface area contributed by atoms with Gasteiger partial charge < -0.3 is 5.32 Å². The standard InChI is InChI=1S/C15H21N/c1-3-14(15-5-6-15)4-2-12(1)11-13-7-9-16-10-8-13/h1-4,13,15-16H,5-11H2. The molecule has 1 saturated carbocycles. The number of benzene rings is 1. The molecule has 0 bridgehead atoms. The van der Waals surface area contributed by atoms with Gasteiger partial charge in [0.1, 0.15) is 0 Å². The first-order valence-electron chi connectivity index (χ1n) is 6.71. The topological polar surface area (TPSA) is 12.0 Å². The van der Waals surface area contributed by atoms with Gasteiger partial charge in [-0.3, -0.25) is 0 Å². The minimum absolute atomic E-state index is 0.896. The summed E-state index contributed by atoms with van der Waals surface area (Å²) in [4.78, 5) is 0. The Bertz CT molecular complexity index is 331. The number of rotatable bonds is 3. The normalized spacial score (nSPS) is 22.2. The van der Waals surface area contributed by atoms with Gasteiger partial charge in [0.05, 0.1) is 0 Å². The molecule has 1 aliphatic heterocycles. The van der Waals surface area contributed by atoms with E-state index in [9.17, 15) is 0 Å². The van der Waals surface area contributed by atoms with Crippen LogP contribution in [0.5, 0.6) is 0 Å². The molecule has 1 nitrogen and oxygen atoms in total. The van der Waals surface area contributed by atoms with Crippen molar-refractivity contribution >= 4 is 0 Å². The number of hydrogen-bond donors (Lipinski definition) is 1. The largest absolute Gasteiger partial charge is 0.317 e. The Morgan fingerprint density at radius 1 is 0.938 bits per heavy atom. The lowest BCUT2D eigenvalue weighted by atomic mass is 9.90. The highest BCUT2D eigenvalue weighted by Crippen LogP contribution is 2.40. The molecule has 1 aromatic carbocycles. The van der Waals surface area contributed by atoms with Gasteiger partial charge in [-0.15, -0.1) is 0 Å². The fourth-order valence-electron chi connectivity index (χ4n) is 2.76. The average Bonchev–Trinajstić information content (AvgIpc) is 3.15. The first kappa shape index (κ1) is 10.3. The number of piperidine rings is 1. The van der Waals surface area contributed by atoms with Crippen molar-refractivity contribution in [1.29, 1.82) is 0 Å². The van der Waals surface area contributed by atoms with Crippen LogP contribution in [0.15, 0.2) is 24.3 Å². The van der Waals surface area contributed by atoms with E-state index in [4.69, 9.17) is 0 Å². The van der Waals surface area contributed by atoms with Gasteiger partial charge in [0.25, 0.3) is 0 Å². The Labute approximate surface area is 98.3 Å². The molecule has 1 heteroatoms. The molecule has 0 aromatic heterocycles. The van der Waals surface area contributed by atoms with E-state index in [0.717, 1.165) is 11.8 Å². The Balaban J connectivity index is 1.60. The van der Waals surface area contributed by atoms with Crippen molar-refractivity contribution in [2.75, 3.05) is 13.1 Å². The summed E-state index contributed by atoms with van der Waals surface area (Å²) < 4.78 is 0. The van der Waals surface area contributed by atoms with Crippen LogP contribution >= 0.6 is 0 Å². The molecule has 3 rings (SSSR count). The molecular weight excluding hydrogens is 194 g/mol. The molecule has 1 N–H and O–H groups in total. The summed E-state index contributed by atoms with van der Waals surface area (Å²) in [5, 5.41) is 3.43. The molecule has 2 fully saturated rings. The van der Waals surface area contributed by atoms with Gasteiger partial charge in [-0.1, -0.05) is 24.3 Å². The van der Waals surface area contributed by atoms with Gasteiger partial charge in [0.2, 0.25) is 0 Å². The Kier molecular flexibility index (Phi) is 2.96. The second-order valence-electron chi connectivity index (χ2n) is 5.41. The predicted octanol–water partition coefficient (Wildman–Crippen LogP) is 3.11. The smallest absolute Gasteiger partial charge is 0.00462 e. The van der Waals surface area contributed by atoms with Crippen LogP contribution < -0.4 is 5.32 Å². The van der Waals surface area contributed by atoms with Crippen LogP contribution in [0.1, 0.15) is 42.7 Å². The van der Waals surface area contributed by atoms with Crippen LogP contribution in [0.25, 0.3) is 0 Å². The summed E-state index contributed by atoms with van der Waals surface area (Å²) in [5.41, 5.74) is 3.10. The van der Waals surface area contributed by atoms with Crippen LogP contribution in [-0.2, 0) is 6.42 Å². The van der Waals surface area contributed by atoms with Crippen LogP contribution in [0.2, 0.25) is 0 Å². The lowest BCUT2D eigenvalue weighted by Gasteiger charge is -2.22. The third-order valence-corrected chi connectivity index (χ3v) is 4.01. The summed E-state index contributed by atoms with van der Waals surface area (Å²) in [6, 6.07) is 9.42. The fourth-order valence-corrected chi connectivity index (χ4v) is 2.76. The molecule has 0 atom stereocenters. The molecule has 16 heavy (non-hydrogen) atoms. The zero-order valence-corrected chi connectivity index (χ0v) is 9.91. The van der Waals surface area contributed by atoms with E-state index in [1.54, 1.807) is 5.56 Å². The van der Waals surface area contributed by atoms with E-state index in [2.05, 4.69) is 29.6 Å². The second kappa shape index (κ2) is 4.58. The second-order valence-corrected chi connectivity index (χ2v) is 5.41. The minimum atomic E-state index is 0.896. The lowest BCUT2D eigenvalue weighted by Crippen LogP contribution is -2.28. The molecule has 0 spiro atoms. The van der Waals surface area contributed by atoms with Crippen LogP contribution in [0.3, 0.4) is 0 Å². The molecule has 1 heterocycles. The van der Waals surface area contributed by atoms with Crippen molar-refractivity contribution < 1.29 is 0 Å². The molecule has 1 aliphatic carbocycles. The summed E-state index contributed by atoms with van der Waals surface area (Å²) in [7, 11) is 0. The zero-order valence-electron chi connectivity index (χ0n) is 9.91. The van der Waals surface area contributed by atoms with Crippen molar-refractivity contribution in [3.63, 3.8) is 0 Å². The van der Waals surface area contributed by atoms with Crippen molar-refractivity contribution in [3.05, 3.63) is 35.4 Å². The highest BCUT2D eigenvalue weighted by atomic mass is 14.9. The van der Waals surface area contributed by atoms with E-state index in [1.807, 2.05) is 0 Å². The third kappa shape index (κ3) is 2.46. The fraction of sp³-hybridized carbons (Fsp3) is 0.600. The van der Waals surface area contributed by atoms with Gasteiger partial charge in [0, 0.05) is 0 Å². The van der Waals surface area contributed by atoms with Gasteiger partial charge >= 0.3 is 0 Å². The lowest BCUT2D eigenvalue weighted by molar-refractivity contribution is 0.372. The maximum atomic E-state index is 3.43. The van der Waals surface area contributed by atoms with Gasteiger partial charge in [-0.25, -0.2) is 0 Å². The van der Waals surface area contributed by atoms with Crippen LogP contribution in [0, 0.1) is 5.92 Å². The molecule has 1 aromatic rings. The first-order valence-corrected chi connectivity index (χ1v) is 6.71. The van der Waals surface area contributed by atoms with Crippen LogP contribution in [-0.4, -0.2) is 13.1 Å². The van der Waals surface area contributed by atoms with Crippen molar-refractivity contribution in [2.45, 2.75) is 38.0 Å². The van der Waals surface area contributed by atoms with E-state index in [0.29, 0.717) is 0 Å². The van der Waals surface area contributed by atoms with Crippen molar-refractivity contribution in [2.24, 2.45) is 5.92 Å². The quantitative estimate of drug-likeness (QED) is 0.817. The maximum Gasteiger partial charge on any atom is -0.00462 e. The highest BCUT2D eigenvalue weighted by molar-refractivity contribution is 5.28. The maximum absolute atomic E-state index is 3.43. The summed E-state index contributed by atoms with van der Waals surface area (Å²) in [5.74, 6) is 1.81. The van der Waals surface area contributed by atoms with Crippen molar-refractivity contribution in [3.8, 4) is 0 Å². The molecule has 0 unspecified atom stereocenters. The molecule has 1 saturated heterocycles. The molecule has 0 radical (unpaired) electrons. The summed E-state index contributed by atoms with van der Waals surface area (Å²) >= 11 is 0. The Hall–Kier alpha value is -0.820. The SMILES string of the molecule is c1cc(C2CC2)ccc1CC1CCNCC1. The van der Waals surface area contributed by atoms with E-state index in [-0.39, 0.29) is 0 Å². The Morgan fingerprint density at radius 3 is 2.25 bits per heavy atom. The first-order chi connectivity index (χ1) is 7.92. The van der Waals surface area contributed by atoms with E-state index >= 15 is 0 Å². The summed E-state index contributed by atoms with van der Waals surface area (Å²) in [6.45, 7) is 2.43. The molecular formula is C15H21N. The van der Waals surface area contributed by atoms with E-state index in [1.165, 1.54) is 50.8 Å². The monoisotopic (exact) mass is 215 g/mol. The third-order valence-electron chi connectivity index (χ3n) is 4.01. The van der Waals surface area contributed by atoms with E-state index < -0.39 is 0 Å². The van der Waals surface area contributed by atoms with Crippen LogP contribution in [0.4, 0.5) is 0 Å². The molecule has 0 amide bonds. The Morgan fingerprint density at radius 2 is 1.62 bits per heavy atom. The molecule has 2 aliphatic rings. The van der Waals surface area contributed by atoms with Gasteiger partial charge in [-0.2, -0.15) is 0 Å². The molecule has 86 valence electrons. The number of hydrogen-bond acceptors (Lipinski definition) is 1. The van der Waals surface area contributed by atoms with Gasteiger partial charge in [-0.05, 0) is 68.2 Å².